The molecule has 3 aromatic carbocycles. The van der Waals surface area contributed by atoms with Gasteiger partial charge in [-0.2, -0.15) is 13.2 Å². The van der Waals surface area contributed by atoms with Crippen molar-refractivity contribution < 1.29 is 46.5 Å². The summed E-state index contributed by atoms with van der Waals surface area (Å²) in [4.78, 5) is 40.5. The van der Waals surface area contributed by atoms with Crippen LogP contribution < -0.4 is 10.6 Å². The molecule has 4 N–H and O–H groups in total. The number of aliphatic hydroxyl groups excluding tert-OH is 1. The van der Waals surface area contributed by atoms with Crippen LogP contribution in [-0.4, -0.2) is 63.7 Å². The number of benzene rings is 3. The summed E-state index contributed by atoms with van der Waals surface area (Å²) in [5, 5.41) is 26.1. The summed E-state index contributed by atoms with van der Waals surface area (Å²) in [5.74, 6) is -4.01. The number of carbonyl (C=O) groups is 3. The van der Waals surface area contributed by atoms with Gasteiger partial charge in [-0.15, -0.1) is 0 Å². The van der Waals surface area contributed by atoms with Crippen molar-refractivity contribution in [2.75, 3.05) is 6.54 Å². The van der Waals surface area contributed by atoms with Crippen molar-refractivity contribution >= 4 is 17.7 Å². The topological polar surface area (TPSA) is 119 Å². The highest BCUT2D eigenvalue weighted by atomic mass is 19.4. The summed E-state index contributed by atoms with van der Waals surface area (Å²) in [6.07, 6.45) is -9.04. The second-order valence-corrected chi connectivity index (χ2v) is 10.5. The molecule has 8 nitrogen and oxygen atoms in total. The highest BCUT2D eigenvalue weighted by Gasteiger charge is 2.44. The normalized spacial score (nSPS) is 18.0. The second-order valence-electron chi connectivity index (χ2n) is 10.5. The van der Waals surface area contributed by atoms with Gasteiger partial charge in [-0.3, -0.25) is 14.4 Å². The predicted molar refractivity (Wildman–Crippen MR) is 149 cm³/mol. The van der Waals surface area contributed by atoms with Gasteiger partial charge in [0.25, 0.3) is 11.8 Å². The number of nitrogens with zero attached hydrogens (tertiary/aromatic N) is 1. The van der Waals surface area contributed by atoms with Gasteiger partial charge in [0.05, 0.1) is 18.2 Å². The van der Waals surface area contributed by atoms with Crippen molar-refractivity contribution in [1.29, 1.82) is 0 Å². The number of phenolic OH excluding ortho intramolecular Hbond substituents is 1. The van der Waals surface area contributed by atoms with Crippen LogP contribution in [0.25, 0.3) is 0 Å². The number of hydrogen-bond acceptors (Lipinski definition) is 5. The fraction of sp³-hybridized carbons (Fsp3) is 0.323. The largest absolute Gasteiger partial charge is 0.508 e. The van der Waals surface area contributed by atoms with Crippen molar-refractivity contribution in [2.24, 2.45) is 0 Å². The molecule has 44 heavy (non-hydrogen) atoms. The van der Waals surface area contributed by atoms with Crippen LogP contribution in [0.2, 0.25) is 0 Å². The molecule has 1 aliphatic heterocycles. The summed E-state index contributed by atoms with van der Waals surface area (Å²) in [5.41, 5.74) is -0.749. The number of aliphatic hydroxyl groups is 1. The Balaban J connectivity index is 1.53. The number of hydrogen-bond donors (Lipinski definition) is 4. The fourth-order valence-corrected chi connectivity index (χ4v) is 5.11. The standard InChI is InChI=1S/C31H30F5N3O5/c1-17-22(8-5-9-26(17)40)28(42)38-24(12-18-6-3-2-4-7-18)27(41)30(44)39-16-21(33)14-25(39)29(43)37-15-19-10-11-20(32)13-23(19)31(34,35)36/h2-11,13,21,24-25,27,40-41H,12,14-16H2,1H3,(H,37,43)(H,38,42). The van der Waals surface area contributed by atoms with E-state index in [2.05, 4.69) is 10.6 Å². The molecule has 4 unspecified atom stereocenters. The van der Waals surface area contributed by atoms with Crippen molar-refractivity contribution in [1.82, 2.24) is 15.5 Å². The molecule has 0 aromatic heterocycles. The van der Waals surface area contributed by atoms with E-state index in [1.54, 1.807) is 30.3 Å². The molecule has 0 radical (unpaired) electrons. The van der Waals surface area contributed by atoms with E-state index in [0.717, 1.165) is 17.0 Å². The molecule has 1 heterocycles. The van der Waals surface area contributed by atoms with E-state index in [1.165, 1.54) is 25.1 Å². The first-order valence-corrected chi connectivity index (χ1v) is 13.7. The number of aromatic hydroxyl groups is 1. The summed E-state index contributed by atoms with van der Waals surface area (Å²) in [7, 11) is 0. The summed E-state index contributed by atoms with van der Waals surface area (Å²) < 4.78 is 68.2. The van der Waals surface area contributed by atoms with E-state index >= 15 is 0 Å². The minimum atomic E-state index is -4.90. The van der Waals surface area contributed by atoms with Gasteiger partial charge in [-0.05, 0) is 48.7 Å². The zero-order chi connectivity index (χ0) is 32.2. The number of likely N-dealkylation sites (tertiary alicyclic amines) is 1. The third-order valence-corrected chi connectivity index (χ3v) is 7.47. The maximum absolute atomic E-state index is 14.6. The molecule has 234 valence electrons. The lowest BCUT2D eigenvalue weighted by atomic mass is 9.98. The lowest BCUT2D eigenvalue weighted by molar-refractivity contribution is -0.146. The SMILES string of the molecule is Cc1c(O)cccc1C(=O)NC(Cc1ccccc1)C(O)C(=O)N1CC(F)CC1C(=O)NCc1ccc(F)cc1C(F)(F)F. The number of phenols is 1. The van der Waals surface area contributed by atoms with Gasteiger partial charge >= 0.3 is 6.18 Å². The molecule has 4 atom stereocenters. The quantitative estimate of drug-likeness (QED) is 0.272. The van der Waals surface area contributed by atoms with Gasteiger partial charge in [-0.1, -0.05) is 42.5 Å². The Morgan fingerprint density at radius 1 is 1.05 bits per heavy atom. The third-order valence-electron chi connectivity index (χ3n) is 7.47. The average Bonchev–Trinajstić information content (AvgIpc) is 3.38. The Kier molecular flexibility index (Phi) is 9.88. The van der Waals surface area contributed by atoms with Crippen LogP contribution in [0.1, 0.15) is 39.0 Å². The monoisotopic (exact) mass is 619 g/mol. The van der Waals surface area contributed by atoms with Crippen molar-refractivity contribution in [3.8, 4) is 5.75 Å². The van der Waals surface area contributed by atoms with Gasteiger partial charge < -0.3 is 25.7 Å². The van der Waals surface area contributed by atoms with E-state index in [4.69, 9.17) is 0 Å². The first kappa shape index (κ1) is 32.4. The maximum atomic E-state index is 14.6. The number of halogens is 5. The molecule has 0 saturated carbocycles. The first-order chi connectivity index (χ1) is 20.8. The van der Waals surface area contributed by atoms with Crippen LogP contribution in [0.3, 0.4) is 0 Å². The Morgan fingerprint density at radius 3 is 2.43 bits per heavy atom. The molecular formula is C31H30F5N3O5. The number of alkyl halides is 4. The molecular weight excluding hydrogens is 589 g/mol. The van der Waals surface area contributed by atoms with E-state index in [9.17, 15) is 46.5 Å². The summed E-state index contributed by atoms with van der Waals surface area (Å²) in [6, 6.07) is 12.1. The maximum Gasteiger partial charge on any atom is 0.416 e. The van der Waals surface area contributed by atoms with Crippen molar-refractivity contribution in [3.63, 3.8) is 0 Å². The fourth-order valence-electron chi connectivity index (χ4n) is 5.11. The molecule has 3 amide bonds. The minimum Gasteiger partial charge on any atom is -0.508 e. The lowest BCUT2D eigenvalue weighted by Gasteiger charge is -2.30. The Bertz CT molecular complexity index is 1520. The zero-order valence-electron chi connectivity index (χ0n) is 23.4. The molecule has 13 heteroatoms. The zero-order valence-corrected chi connectivity index (χ0v) is 23.4. The Morgan fingerprint density at radius 2 is 1.75 bits per heavy atom. The van der Waals surface area contributed by atoms with E-state index in [0.29, 0.717) is 11.6 Å². The van der Waals surface area contributed by atoms with Crippen LogP contribution in [0.4, 0.5) is 22.0 Å². The molecule has 3 aromatic rings. The molecule has 1 saturated heterocycles. The lowest BCUT2D eigenvalue weighted by Crippen LogP contribution is -2.55. The number of rotatable bonds is 9. The van der Waals surface area contributed by atoms with Crippen LogP contribution in [0.5, 0.6) is 5.75 Å². The van der Waals surface area contributed by atoms with Crippen LogP contribution in [0, 0.1) is 12.7 Å². The highest BCUT2D eigenvalue weighted by Crippen LogP contribution is 2.33. The Hall–Kier alpha value is -4.52. The first-order valence-electron chi connectivity index (χ1n) is 13.7. The number of nitrogens with one attached hydrogen (secondary N) is 2. The molecule has 1 aliphatic rings. The molecule has 0 aliphatic carbocycles. The Labute approximate surface area is 249 Å². The molecule has 4 rings (SSSR count). The van der Waals surface area contributed by atoms with Gasteiger partial charge in [0.2, 0.25) is 5.91 Å². The second kappa shape index (κ2) is 13.4. The minimum absolute atomic E-state index is 0.0358. The summed E-state index contributed by atoms with van der Waals surface area (Å²) in [6.45, 7) is 0.258. The van der Waals surface area contributed by atoms with Crippen molar-refractivity contribution in [3.05, 3.63) is 100 Å². The number of amides is 3. The third kappa shape index (κ3) is 7.51. The molecule has 1 fully saturated rings. The smallest absolute Gasteiger partial charge is 0.416 e. The van der Waals surface area contributed by atoms with Gasteiger partial charge in [0.1, 0.15) is 23.8 Å². The molecule has 0 spiro atoms. The van der Waals surface area contributed by atoms with Gasteiger partial charge in [-0.25, -0.2) is 8.78 Å². The van der Waals surface area contributed by atoms with E-state index < -0.39 is 84.7 Å². The van der Waals surface area contributed by atoms with E-state index in [-0.39, 0.29) is 23.3 Å². The summed E-state index contributed by atoms with van der Waals surface area (Å²) >= 11 is 0. The van der Waals surface area contributed by atoms with Crippen LogP contribution >= 0.6 is 0 Å². The van der Waals surface area contributed by atoms with Crippen LogP contribution in [0.15, 0.2) is 66.7 Å². The van der Waals surface area contributed by atoms with E-state index in [1.807, 2.05) is 0 Å². The average molecular weight is 620 g/mol. The van der Waals surface area contributed by atoms with Crippen LogP contribution in [-0.2, 0) is 28.7 Å². The predicted octanol–water partition coefficient (Wildman–Crippen LogP) is 3.82. The highest BCUT2D eigenvalue weighted by molar-refractivity contribution is 5.97. The van der Waals surface area contributed by atoms with Gasteiger partial charge in [0, 0.05) is 24.1 Å². The van der Waals surface area contributed by atoms with Gasteiger partial charge in [0.15, 0.2) is 6.10 Å². The number of carbonyl (C=O) groups excluding carboxylic acids is 3. The van der Waals surface area contributed by atoms with Crippen molar-refractivity contribution in [2.45, 2.75) is 56.8 Å². The molecule has 0 bridgehead atoms.